The first-order chi connectivity index (χ1) is 23.8. The van der Waals surface area contributed by atoms with Crippen LogP contribution in [-0.2, 0) is 0 Å². The van der Waals surface area contributed by atoms with Gasteiger partial charge in [-0.15, -0.1) is 0 Å². The Morgan fingerprint density at radius 3 is 1.38 bits per heavy atom. The molecule has 0 unspecified atom stereocenters. The Morgan fingerprint density at radius 2 is 0.750 bits per heavy atom. The molecule has 0 atom stereocenters. The number of furan rings is 2. The van der Waals surface area contributed by atoms with E-state index in [-0.39, 0.29) is 0 Å². The Balaban J connectivity index is 1.20. The molecular formula is C43H25N3O2. The fourth-order valence-corrected chi connectivity index (χ4v) is 6.94. The second kappa shape index (κ2) is 10.5. The van der Waals surface area contributed by atoms with Crippen LogP contribution in [-0.4, -0.2) is 15.0 Å². The van der Waals surface area contributed by atoms with Crippen LogP contribution in [0.3, 0.4) is 0 Å². The van der Waals surface area contributed by atoms with Gasteiger partial charge in [0.2, 0.25) is 0 Å². The number of rotatable bonds is 4. The summed E-state index contributed by atoms with van der Waals surface area (Å²) in [5.41, 5.74) is 8.23. The van der Waals surface area contributed by atoms with Crippen LogP contribution in [0, 0.1) is 0 Å². The van der Waals surface area contributed by atoms with Crippen LogP contribution in [0.5, 0.6) is 0 Å². The molecule has 7 aromatic carbocycles. The third-order valence-electron chi connectivity index (χ3n) is 9.17. The van der Waals surface area contributed by atoms with Crippen LogP contribution >= 0.6 is 0 Å². The van der Waals surface area contributed by atoms with Gasteiger partial charge >= 0.3 is 0 Å². The highest BCUT2D eigenvalue weighted by atomic mass is 16.3. The molecule has 0 aliphatic rings. The lowest BCUT2D eigenvalue weighted by atomic mass is 9.97. The van der Waals surface area contributed by atoms with Crippen LogP contribution in [0.15, 0.2) is 160 Å². The molecule has 10 aromatic rings. The molecule has 0 saturated carbocycles. The van der Waals surface area contributed by atoms with Crippen molar-refractivity contribution >= 4 is 54.6 Å². The number of fused-ring (bicyclic) bond motifs is 7. The van der Waals surface area contributed by atoms with Crippen LogP contribution in [0.1, 0.15) is 0 Å². The van der Waals surface area contributed by atoms with Gasteiger partial charge in [0.15, 0.2) is 17.5 Å². The van der Waals surface area contributed by atoms with Gasteiger partial charge in [0.05, 0.1) is 0 Å². The van der Waals surface area contributed by atoms with Gasteiger partial charge in [0.25, 0.3) is 0 Å². The monoisotopic (exact) mass is 615 g/mol. The maximum atomic E-state index is 6.24. The van der Waals surface area contributed by atoms with E-state index >= 15 is 0 Å². The van der Waals surface area contributed by atoms with Gasteiger partial charge in [-0.25, -0.2) is 15.0 Å². The van der Waals surface area contributed by atoms with Gasteiger partial charge < -0.3 is 8.83 Å². The minimum absolute atomic E-state index is 0.579. The number of nitrogens with zero attached hydrogens (tertiary/aromatic N) is 3. The third kappa shape index (κ3) is 4.15. The highest BCUT2D eigenvalue weighted by molar-refractivity contribution is 6.13. The summed E-state index contributed by atoms with van der Waals surface area (Å²) in [5.74, 6) is 1.75. The number of aromatic nitrogens is 3. The number of hydrogen-bond donors (Lipinski definition) is 0. The lowest BCUT2D eigenvalue weighted by molar-refractivity contribution is 0.668. The molecule has 5 nitrogen and oxygen atoms in total. The Morgan fingerprint density at radius 1 is 0.312 bits per heavy atom. The average Bonchev–Trinajstić information content (AvgIpc) is 3.73. The van der Waals surface area contributed by atoms with Crippen molar-refractivity contribution in [1.29, 1.82) is 0 Å². The van der Waals surface area contributed by atoms with Gasteiger partial charge in [-0.3, -0.25) is 0 Å². The van der Waals surface area contributed by atoms with E-state index < -0.39 is 0 Å². The molecule has 0 bridgehead atoms. The van der Waals surface area contributed by atoms with Gasteiger partial charge in [-0.05, 0) is 46.2 Å². The van der Waals surface area contributed by atoms with Crippen molar-refractivity contribution in [1.82, 2.24) is 15.0 Å². The molecule has 0 spiro atoms. The zero-order chi connectivity index (χ0) is 31.6. The second-order valence-corrected chi connectivity index (χ2v) is 12.0. The summed E-state index contributed by atoms with van der Waals surface area (Å²) >= 11 is 0. The first kappa shape index (κ1) is 26.6. The smallest absolute Gasteiger partial charge is 0.164 e. The van der Waals surface area contributed by atoms with E-state index in [9.17, 15) is 0 Å². The summed E-state index contributed by atoms with van der Waals surface area (Å²) in [6.45, 7) is 0. The predicted octanol–water partition coefficient (Wildman–Crippen LogP) is 11.5. The molecule has 3 heterocycles. The van der Waals surface area contributed by atoms with E-state index in [1.807, 2.05) is 60.7 Å². The summed E-state index contributed by atoms with van der Waals surface area (Å²) in [5, 5.41) is 6.44. The molecule has 3 aromatic heterocycles. The summed E-state index contributed by atoms with van der Waals surface area (Å²) in [6.07, 6.45) is 0. The summed E-state index contributed by atoms with van der Waals surface area (Å²) in [6, 6.07) is 51.7. The van der Waals surface area contributed by atoms with E-state index in [2.05, 4.69) is 91.0 Å². The molecule has 0 radical (unpaired) electrons. The van der Waals surface area contributed by atoms with E-state index in [0.717, 1.165) is 66.1 Å². The molecule has 0 aliphatic heterocycles. The first-order valence-corrected chi connectivity index (χ1v) is 15.9. The topological polar surface area (TPSA) is 65.0 Å². The summed E-state index contributed by atoms with van der Waals surface area (Å²) < 4.78 is 12.5. The average molecular weight is 616 g/mol. The zero-order valence-electron chi connectivity index (χ0n) is 25.6. The van der Waals surface area contributed by atoms with E-state index in [1.165, 1.54) is 16.3 Å². The van der Waals surface area contributed by atoms with E-state index in [1.54, 1.807) is 0 Å². The fraction of sp³-hybridized carbons (Fsp3) is 0. The largest absolute Gasteiger partial charge is 0.456 e. The summed E-state index contributed by atoms with van der Waals surface area (Å²) in [4.78, 5) is 15.4. The quantitative estimate of drug-likeness (QED) is 0.197. The standard InChI is InChI=1S/C43H25N3O2/c1-2-12-29-26(10-1)11-7-15-30(29)27-22-24-28(25-23-27)41-44-42(33-16-8-20-37-39(33)31-13-3-5-18-35(31)47-37)46-43(45-41)34-17-9-21-38-40(34)32-14-4-6-19-36(32)48-38/h1-25H. The first-order valence-electron chi connectivity index (χ1n) is 15.9. The van der Waals surface area contributed by atoms with Crippen molar-refractivity contribution in [2.45, 2.75) is 0 Å². The highest BCUT2D eigenvalue weighted by Crippen LogP contribution is 2.39. The highest BCUT2D eigenvalue weighted by Gasteiger charge is 2.20. The van der Waals surface area contributed by atoms with Crippen LogP contribution < -0.4 is 0 Å². The predicted molar refractivity (Wildman–Crippen MR) is 194 cm³/mol. The van der Waals surface area contributed by atoms with Crippen LogP contribution in [0.25, 0.3) is 99.9 Å². The Hall–Kier alpha value is -6.59. The Labute approximate surface area is 274 Å². The van der Waals surface area contributed by atoms with Crippen molar-refractivity contribution in [2.75, 3.05) is 0 Å². The van der Waals surface area contributed by atoms with Gasteiger partial charge in [0.1, 0.15) is 22.3 Å². The molecular weight excluding hydrogens is 590 g/mol. The van der Waals surface area contributed by atoms with Gasteiger partial charge in [-0.1, -0.05) is 127 Å². The molecule has 5 heteroatoms. The lowest BCUT2D eigenvalue weighted by Crippen LogP contribution is -2.00. The SMILES string of the molecule is c1ccc2c(-c3ccc(-c4nc(-c5cccc6oc7ccccc7c56)nc(-c5cccc6oc7ccccc7c56)n4)cc3)cccc2c1. The number of benzene rings is 7. The third-order valence-corrected chi connectivity index (χ3v) is 9.17. The Kier molecular flexibility index (Phi) is 5.81. The molecule has 0 N–H and O–H groups in total. The lowest BCUT2D eigenvalue weighted by Gasteiger charge is -2.11. The van der Waals surface area contributed by atoms with Crippen molar-refractivity contribution in [2.24, 2.45) is 0 Å². The maximum absolute atomic E-state index is 6.24. The summed E-state index contributed by atoms with van der Waals surface area (Å²) in [7, 11) is 0. The van der Waals surface area contributed by atoms with Gasteiger partial charge in [-0.2, -0.15) is 0 Å². The fourth-order valence-electron chi connectivity index (χ4n) is 6.94. The van der Waals surface area contributed by atoms with E-state index in [0.29, 0.717) is 17.5 Å². The zero-order valence-corrected chi connectivity index (χ0v) is 25.6. The van der Waals surface area contributed by atoms with Crippen molar-refractivity contribution in [3.63, 3.8) is 0 Å². The van der Waals surface area contributed by atoms with E-state index in [4.69, 9.17) is 23.8 Å². The van der Waals surface area contributed by atoms with Crippen LogP contribution in [0.2, 0.25) is 0 Å². The molecule has 224 valence electrons. The molecule has 0 amide bonds. The minimum atomic E-state index is 0.579. The van der Waals surface area contributed by atoms with Crippen LogP contribution in [0.4, 0.5) is 0 Å². The van der Waals surface area contributed by atoms with Crippen molar-refractivity contribution in [3.8, 4) is 45.3 Å². The molecule has 48 heavy (non-hydrogen) atoms. The molecule has 0 fully saturated rings. The van der Waals surface area contributed by atoms with Crippen molar-refractivity contribution < 1.29 is 8.83 Å². The number of para-hydroxylation sites is 2. The maximum Gasteiger partial charge on any atom is 0.164 e. The second-order valence-electron chi connectivity index (χ2n) is 12.0. The number of hydrogen-bond acceptors (Lipinski definition) is 5. The Bertz CT molecular complexity index is 2710. The minimum Gasteiger partial charge on any atom is -0.456 e. The van der Waals surface area contributed by atoms with Crippen molar-refractivity contribution in [3.05, 3.63) is 152 Å². The van der Waals surface area contributed by atoms with Gasteiger partial charge in [0, 0.05) is 38.2 Å². The molecule has 0 aliphatic carbocycles. The molecule has 10 rings (SSSR count). The molecule has 0 saturated heterocycles. The normalized spacial score (nSPS) is 11.8.